The van der Waals surface area contributed by atoms with Gasteiger partial charge in [-0.25, -0.2) is 4.98 Å². The number of anilines is 1. The molecule has 0 radical (unpaired) electrons. The van der Waals surface area contributed by atoms with E-state index < -0.39 is 0 Å². The summed E-state index contributed by atoms with van der Waals surface area (Å²) in [5, 5.41) is 0.923. The van der Waals surface area contributed by atoms with Gasteiger partial charge in [0.25, 0.3) is 0 Å². The van der Waals surface area contributed by atoms with Crippen molar-refractivity contribution in [2.24, 2.45) is 5.92 Å². The molecule has 172 valence electrons. The average Bonchev–Trinajstić information content (AvgIpc) is 3.26. The molecule has 0 atom stereocenters. The van der Waals surface area contributed by atoms with Crippen LogP contribution in [0.2, 0.25) is 0 Å². The molecule has 6 nitrogen and oxygen atoms in total. The molecule has 34 heavy (non-hydrogen) atoms. The number of carbonyl (C=O) groups excluding carboxylic acids is 1. The maximum absolute atomic E-state index is 12.3. The van der Waals surface area contributed by atoms with Crippen molar-refractivity contribution in [3.05, 3.63) is 79.3 Å². The molecule has 5 rings (SSSR count). The molecule has 4 aromatic rings. The number of carbonyl (C=O) groups is 1. The Morgan fingerprint density at radius 3 is 2.47 bits per heavy atom. The highest BCUT2D eigenvalue weighted by atomic mass is 16.5. The summed E-state index contributed by atoms with van der Waals surface area (Å²) in [5.41, 5.74) is 9.40. The molecule has 2 aromatic carbocycles. The number of nitrogen functional groups attached to an aromatic ring is 1. The lowest BCUT2D eigenvalue weighted by Crippen LogP contribution is -2.24. The van der Waals surface area contributed by atoms with Crippen molar-refractivity contribution in [3.63, 3.8) is 0 Å². The monoisotopic (exact) mass is 453 g/mol. The molecule has 3 N–H and O–H groups in total. The molecule has 0 unspecified atom stereocenters. The van der Waals surface area contributed by atoms with Crippen LogP contribution in [-0.2, 0) is 4.79 Å². The highest BCUT2D eigenvalue weighted by Gasteiger charge is 2.30. The summed E-state index contributed by atoms with van der Waals surface area (Å²) in [7, 11) is 0. The molecule has 1 fully saturated rings. The third-order valence-corrected chi connectivity index (χ3v) is 6.66. The summed E-state index contributed by atoms with van der Waals surface area (Å²) in [4.78, 5) is 19.9. The van der Waals surface area contributed by atoms with Crippen molar-refractivity contribution in [2.75, 3.05) is 5.73 Å². The summed E-state index contributed by atoms with van der Waals surface area (Å²) in [6.07, 6.45) is 11.1. The maximum Gasteiger partial charge on any atom is 0.239 e. The normalized spacial score (nSPS) is 18.4. The lowest BCUT2D eigenvalue weighted by Gasteiger charge is -2.26. The zero-order valence-corrected chi connectivity index (χ0v) is 19.3. The molecule has 0 bridgehead atoms. The fourth-order valence-electron chi connectivity index (χ4n) is 4.93. The number of nitrogens with two attached hydrogens (primary N) is 1. The number of allylic oxidation sites excluding steroid dienone is 2. The van der Waals surface area contributed by atoms with E-state index in [1.165, 1.54) is 0 Å². The lowest BCUT2D eigenvalue weighted by atomic mass is 9.83. The molecule has 1 aliphatic rings. The Morgan fingerprint density at radius 2 is 1.76 bits per heavy atom. The number of aromatic amines is 1. The quantitative estimate of drug-likeness (QED) is 0.376. The van der Waals surface area contributed by atoms with E-state index in [0.717, 1.165) is 59.3 Å². The van der Waals surface area contributed by atoms with Crippen LogP contribution in [0.1, 0.15) is 38.6 Å². The van der Waals surface area contributed by atoms with E-state index in [1.54, 1.807) is 12.4 Å². The number of nitrogens with one attached hydrogen (secondary N) is 1. The Labute approximate surface area is 199 Å². The number of H-pyrrole nitrogens is 1. The van der Waals surface area contributed by atoms with E-state index in [4.69, 9.17) is 10.5 Å². The van der Waals surface area contributed by atoms with Gasteiger partial charge in [0, 0.05) is 11.5 Å². The van der Waals surface area contributed by atoms with Crippen LogP contribution in [0.25, 0.3) is 22.2 Å². The predicted octanol–water partition coefficient (Wildman–Crippen LogP) is 5.77. The maximum atomic E-state index is 12.3. The van der Waals surface area contributed by atoms with E-state index in [2.05, 4.69) is 32.9 Å². The minimum atomic E-state index is 0.127. The van der Waals surface area contributed by atoms with Crippen LogP contribution in [0.15, 0.2) is 79.3 Å². The van der Waals surface area contributed by atoms with Crippen LogP contribution in [0, 0.1) is 5.92 Å². The molecule has 0 aliphatic heterocycles. The average molecular weight is 454 g/mol. The molecule has 0 saturated heterocycles. The van der Waals surface area contributed by atoms with Gasteiger partial charge in [-0.15, -0.1) is 0 Å². The van der Waals surface area contributed by atoms with Gasteiger partial charge in [0.2, 0.25) is 17.8 Å². The molecule has 0 spiro atoms. The number of benzene rings is 2. The van der Waals surface area contributed by atoms with Crippen LogP contribution in [0.5, 0.6) is 11.5 Å². The zero-order chi connectivity index (χ0) is 23.5. The number of ketones is 1. The minimum Gasteiger partial charge on any atom is -0.457 e. The number of fused-ring (bicyclic) bond motifs is 1. The van der Waals surface area contributed by atoms with E-state index >= 15 is 0 Å². The number of hydrogen-bond donors (Lipinski definition) is 1. The van der Waals surface area contributed by atoms with Crippen molar-refractivity contribution in [1.29, 1.82) is 0 Å². The summed E-state index contributed by atoms with van der Waals surface area (Å²) in [6, 6.07) is 18.1. The molecule has 1 aliphatic carbocycles. The number of hydrogen-bond acceptors (Lipinski definition) is 4. The van der Waals surface area contributed by atoms with Gasteiger partial charge in [0.15, 0.2) is 5.78 Å². The lowest BCUT2D eigenvalue weighted by molar-refractivity contribution is -0.354. The fraction of sp³-hybridized carbons (Fsp3) is 0.250. The molecule has 2 aromatic heterocycles. The van der Waals surface area contributed by atoms with Crippen LogP contribution >= 0.6 is 0 Å². The first-order valence-corrected chi connectivity index (χ1v) is 11.8. The highest BCUT2D eigenvalue weighted by molar-refractivity contribution is 5.99. The number of ether oxygens (including phenoxy) is 1. The van der Waals surface area contributed by atoms with Crippen LogP contribution in [-0.4, -0.2) is 15.3 Å². The van der Waals surface area contributed by atoms with Crippen molar-refractivity contribution in [2.45, 2.75) is 38.6 Å². The summed E-state index contributed by atoms with van der Waals surface area (Å²) in [5.74, 6) is 2.46. The second kappa shape index (κ2) is 9.51. The topological polar surface area (TPSA) is 84.3 Å². The van der Waals surface area contributed by atoms with Gasteiger partial charge in [0.05, 0.1) is 12.2 Å². The van der Waals surface area contributed by atoms with Crippen molar-refractivity contribution in [3.8, 4) is 22.6 Å². The second-order valence-corrected chi connectivity index (χ2v) is 8.81. The Kier molecular flexibility index (Phi) is 6.12. The Balaban J connectivity index is 1.43. The Hall–Kier alpha value is -3.93. The number of para-hydroxylation sites is 1. The first-order chi connectivity index (χ1) is 16.6. The van der Waals surface area contributed by atoms with E-state index in [0.29, 0.717) is 11.9 Å². The molecular formula is C28H29N4O2+. The van der Waals surface area contributed by atoms with E-state index in [1.807, 2.05) is 55.5 Å². The van der Waals surface area contributed by atoms with Gasteiger partial charge in [-0.1, -0.05) is 41.4 Å². The summed E-state index contributed by atoms with van der Waals surface area (Å²) < 4.78 is 8.23. The van der Waals surface area contributed by atoms with Crippen molar-refractivity contribution >= 4 is 22.6 Å². The molecule has 0 amide bonds. The summed E-state index contributed by atoms with van der Waals surface area (Å²) >= 11 is 0. The third kappa shape index (κ3) is 4.31. The zero-order valence-electron chi connectivity index (χ0n) is 19.3. The van der Waals surface area contributed by atoms with Crippen LogP contribution < -0.4 is 15.5 Å². The molecular weight excluding hydrogens is 424 g/mol. The first kappa shape index (κ1) is 21.9. The minimum absolute atomic E-state index is 0.127. The van der Waals surface area contributed by atoms with Gasteiger partial charge >= 0.3 is 0 Å². The van der Waals surface area contributed by atoms with Gasteiger partial charge in [-0.05, 0) is 68.5 Å². The van der Waals surface area contributed by atoms with E-state index in [-0.39, 0.29) is 11.7 Å². The van der Waals surface area contributed by atoms with Crippen LogP contribution in [0.3, 0.4) is 0 Å². The third-order valence-electron chi connectivity index (χ3n) is 6.66. The SMILES string of the molecule is CC=CC(=O)C1CCC(n2cc(-c3ccc(Oc4ccccc4)cc3)c3c(N)nc[nH+]c32)CC1. The smallest absolute Gasteiger partial charge is 0.239 e. The van der Waals surface area contributed by atoms with E-state index in [9.17, 15) is 4.79 Å². The van der Waals surface area contributed by atoms with Gasteiger partial charge in [0.1, 0.15) is 16.9 Å². The number of nitrogens with zero attached hydrogens (tertiary/aromatic N) is 2. The predicted molar refractivity (Wildman–Crippen MR) is 133 cm³/mol. The largest absolute Gasteiger partial charge is 0.457 e. The number of rotatable bonds is 6. The van der Waals surface area contributed by atoms with Crippen LogP contribution in [0.4, 0.5) is 5.82 Å². The molecule has 6 heteroatoms. The Morgan fingerprint density at radius 1 is 1.06 bits per heavy atom. The van der Waals surface area contributed by atoms with Gasteiger partial charge in [-0.3, -0.25) is 9.36 Å². The Bertz CT molecular complexity index is 1320. The van der Waals surface area contributed by atoms with Crippen molar-refractivity contribution in [1.82, 2.24) is 9.55 Å². The first-order valence-electron chi connectivity index (χ1n) is 11.8. The molecule has 2 heterocycles. The van der Waals surface area contributed by atoms with Crippen molar-refractivity contribution < 1.29 is 14.5 Å². The fourth-order valence-corrected chi connectivity index (χ4v) is 4.93. The standard InChI is InChI=1S/C28H28N4O2/c1-2-6-25(33)20-9-13-21(14-10-20)32-17-24(26-27(29)30-18-31-28(26)32)19-11-15-23(16-12-19)34-22-7-4-3-5-8-22/h2-8,11-12,15-18,20-21H,9-10,13-14H2,1H3,(H2,29,30,31)/p+1. The highest BCUT2D eigenvalue weighted by Crippen LogP contribution is 2.39. The number of aromatic nitrogens is 3. The second-order valence-electron chi connectivity index (χ2n) is 8.81. The molecule has 1 saturated carbocycles. The summed E-state index contributed by atoms with van der Waals surface area (Å²) in [6.45, 7) is 1.89. The van der Waals surface area contributed by atoms with Gasteiger partial charge in [-0.2, -0.15) is 0 Å². The van der Waals surface area contributed by atoms with Gasteiger partial charge < -0.3 is 10.5 Å².